The van der Waals surface area contributed by atoms with E-state index in [4.69, 9.17) is 9.47 Å². The summed E-state index contributed by atoms with van der Waals surface area (Å²) in [6, 6.07) is 13.2. The molecule has 1 atom stereocenters. The number of fused-ring (bicyclic) bond motifs is 1. The van der Waals surface area contributed by atoms with Crippen LogP contribution in [0, 0.1) is 0 Å². The third-order valence-electron chi connectivity index (χ3n) is 4.95. The van der Waals surface area contributed by atoms with Crippen LogP contribution < -0.4 is 4.74 Å². The van der Waals surface area contributed by atoms with E-state index in [-0.39, 0.29) is 11.9 Å². The van der Waals surface area contributed by atoms with Crippen molar-refractivity contribution in [3.63, 3.8) is 0 Å². The maximum Gasteiger partial charge on any atom is 0.343 e. The highest BCUT2D eigenvalue weighted by atomic mass is 16.5. The second-order valence-electron chi connectivity index (χ2n) is 6.86. The Labute approximate surface area is 160 Å². The van der Waals surface area contributed by atoms with Crippen LogP contribution >= 0.6 is 0 Å². The quantitative estimate of drug-likeness (QED) is 0.542. The minimum Gasteiger partial charge on any atom is -0.466 e. The minimum absolute atomic E-state index is 0.245. The lowest BCUT2D eigenvalue weighted by Gasteiger charge is -2.26. The summed E-state index contributed by atoms with van der Waals surface area (Å²) in [5, 5.41) is 0. The highest BCUT2D eigenvalue weighted by Crippen LogP contribution is 2.39. The molecule has 2 aromatic rings. The first kappa shape index (κ1) is 19.2. The molecule has 0 saturated heterocycles. The molecule has 0 heterocycles. The van der Waals surface area contributed by atoms with Crippen LogP contribution in [0.25, 0.3) is 0 Å². The van der Waals surface area contributed by atoms with E-state index in [1.54, 1.807) is 25.1 Å². The Morgan fingerprint density at radius 1 is 1.07 bits per heavy atom. The lowest BCUT2D eigenvalue weighted by Crippen LogP contribution is -2.22. The van der Waals surface area contributed by atoms with Crippen molar-refractivity contribution >= 4 is 11.9 Å². The molecule has 1 aliphatic carbocycles. The fraction of sp³-hybridized carbons (Fsp3) is 0.391. The van der Waals surface area contributed by atoms with E-state index in [0.717, 1.165) is 36.8 Å². The molecule has 0 aliphatic heterocycles. The molecule has 0 amide bonds. The van der Waals surface area contributed by atoms with E-state index in [0.29, 0.717) is 24.3 Å². The molecule has 0 bridgehead atoms. The fourth-order valence-corrected chi connectivity index (χ4v) is 3.67. The van der Waals surface area contributed by atoms with Crippen LogP contribution in [0.2, 0.25) is 0 Å². The summed E-state index contributed by atoms with van der Waals surface area (Å²) in [5.74, 6) is -0.553. The lowest BCUT2D eigenvalue weighted by molar-refractivity contribution is -0.145. The Balaban J connectivity index is 1.85. The Bertz CT molecular complexity index is 808. The van der Waals surface area contributed by atoms with Gasteiger partial charge in [0.1, 0.15) is 5.75 Å². The third-order valence-corrected chi connectivity index (χ3v) is 4.95. The summed E-state index contributed by atoms with van der Waals surface area (Å²) < 4.78 is 11.0. The predicted molar refractivity (Wildman–Crippen MR) is 104 cm³/mol. The molecule has 0 radical (unpaired) electrons. The normalized spacial score (nSPS) is 15.7. The molecule has 0 fully saturated rings. The first-order valence-corrected chi connectivity index (χ1v) is 9.73. The SMILES string of the molecule is CCCc1ccc(C(=O)Oc2cccc3c2C(C(=O)OCC)CCC3)cc1. The number of benzene rings is 2. The molecule has 27 heavy (non-hydrogen) atoms. The molecule has 0 spiro atoms. The average Bonchev–Trinajstić information content (AvgIpc) is 2.68. The molecule has 2 aromatic carbocycles. The van der Waals surface area contributed by atoms with Crippen LogP contribution in [0.1, 0.15) is 66.1 Å². The van der Waals surface area contributed by atoms with Crippen molar-refractivity contribution < 1.29 is 19.1 Å². The summed E-state index contributed by atoms with van der Waals surface area (Å²) in [7, 11) is 0. The smallest absolute Gasteiger partial charge is 0.343 e. The van der Waals surface area contributed by atoms with Crippen molar-refractivity contribution in [3.8, 4) is 5.75 Å². The van der Waals surface area contributed by atoms with E-state index in [9.17, 15) is 9.59 Å². The van der Waals surface area contributed by atoms with Gasteiger partial charge in [-0.05, 0) is 61.9 Å². The van der Waals surface area contributed by atoms with E-state index < -0.39 is 5.97 Å². The molecule has 0 N–H and O–H groups in total. The first-order chi connectivity index (χ1) is 13.1. The lowest BCUT2D eigenvalue weighted by atomic mass is 9.82. The highest BCUT2D eigenvalue weighted by molar-refractivity contribution is 5.91. The number of ether oxygens (including phenoxy) is 2. The van der Waals surface area contributed by atoms with Gasteiger partial charge in [-0.25, -0.2) is 4.79 Å². The van der Waals surface area contributed by atoms with Crippen molar-refractivity contribution in [2.24, 2.45) is 0 Å². The van der Waals surface area contributed by atoms with Gasteiger partial charge in [-0.15, -0.1) is 0 Å². The van der Waals surface area contributed by atoms with Crippen molar-refractivity contribution in [1.29, 1.82) is 0 Å². The number of carbonyl (C=O) groups is 2. The molecular formula is C23H26O4. The van der Waals surface area contributed by atoms with Gasteiger partial charge in [0.15, 0.2) is 0 Å². The largest absolute Gasteiger partial charge is 0.466 e. The molecule has 4 nitrogen and oxygen atoms in total. The van der Waals surface area contributed by atoms with Gasteiger partial charge in [0, 0.05) is 5.56 Å². The Morgan fingerprint density at radius 3 is 2.56 bits per heavy atom. The molecular weight excluding hydrogens is 340 g/mol. The van der Waals surface area contributed by atoms with Crippen molar-refractivity contribution in [2.75, 3.05) is 6.61 Å². The standard InChI is InChI=1S/C23H26O4/c1-3-7-16-12-14-18(15-13-16)22(24)27-20-11-6-9-17-8-5-10-19(21(17)20)23(25)26-4-2/h6,9,11-15,19H,3-5,7-8,10H2,1-2H3. The zero-order valence-corrected chi connectivity index (χ0v) is 16.0. The van der Waals surface area contributed by atoms with Gasteiger partial charge in [0.2, 0.25) is 0 Å². The van der Waals surface area contributed by atoms with Gasteiger partial charge in [-0.1, -0.05) is 37.6 Å². The molecule has 3 rings (SSSR count). The summed E-state index contributed by atoms with van der Waals surface area (Å²) in [6.07, 6.45) is 4.57. The van der Waals surface area contributed by atoms with Crippen molar-refractivity contribution in [3.05, 3.63) is 64.7 Å². The maximum atomic E-state index is 12.6. The molecule has 0 aromatic heterocycles. The van der Waals surface area contributed by atoms with Gasteiger partial charge in [-0.3, -0.25) is 4.79 Å². The van der Waals surface area contributed by atoms with Crippen LogP contribution in [0.3, 0.4) is 0 Å². The van der Waals surface area contributed by atoms with E-state index >= 15 is 0 Å². The van der Waals surface area contributed by atoms with Gasteiger partial charge >= 0.3 is 11.9 Å². The Kier molecular flexibility index (Phi) is 6.28. The van der Waals surface area contributed by atoms with Crippen LogP contribution in [0.5, 0.6) is 5.75 Å². The topological polar surface area (TPSA) is 52.6 Å². The monoisotopic (exact) mass is 366 g/mol. The number of hydrogen-bond acceptors (Lipinski definition) is 4. The summed E-state index contributed by atoms with van der Waals surface area (Å²) in [5.41, 5.74) is 3.57. The summed E-state index contributed by atoms with van der Waals surface area (Å²) in [4.78, 5) is 25.0. The number of carbonyl (C=O) groups excluding carboxylic acids is 2. The first-order valence-electron chi connectivity index (χ1n) is 9.73. The van der Waals surface area contributed by atoms with Crippen LogP contribution in [-0.2, 0) is 22.4 Å². The van der Waals surface area contributed by atoms with E-state index in [1.165, 1.54) is 5.56 Å². The summed E-state index contributed by atoms with van der Waals surface area (Å²) >= 11 is 0. The number of rotatable bonds is 6. The fourth-order valence-electron chi connectivity index (χ4n) is 3.67. The molecule has 4 heteroatoms. The number of hydrogen-bond donors (Lipinski definition) is 0. The van der Waals surface area contributed by atoms with Gasteiger partial charge in [0.25, 0.3) is 0 Å². The number of esters is 2. The van der Waals surface area contributed by atoms with Crippen molar-refractivity contribution in [2.45, 2.75) is 51.9 Å². The zero-order chi connectivity index (χ0) is 19.2. The van der Waals surface area contributed by atoms with Crippen LogP contribution in [0.4, 0.5) is 0 Å². The average molecular weight is 366 g/mol. The third kappa shape index (κ3) is 4.38. The van der Waals surface area contributed by atoms with E-state index in [1.807, 2.05) is 24.3 Å². The molecule has 1 unspecified atom stereocenters. The summed E-state index contributed by atoms with van der Waals surface area (Å²) in [6.45, 7) is 4.27. The predicted octanol–water partition coefficient (Wildman–Crippen LogP) is 4.84. The number of aryl methyl sites for hydroxylation is 2. The zero-order valence-electron chi connectivity index (χ0n) is 16.0. The minimum atomic E-state index is -0.403. The Morgan fingerprint density at radius 2 is 1.85 bits per heavy atom. The second kappa shape index (κ2) is 8.85. The van der Waals surface area contributed by atoms with Crippen molar-refractivity contribution in [1.82, 2.24) is 0 Å². The van der Waals surface area contributed by atoms with Gasteiger partial charge in [-0.2, -0.15) is 0 Å². The Hall–Kier alpha value is -2.62. The molecule has 142 valence electrons. The maximum absolute atomic E-state index is 12.6. The van der Waals surface area contributed by atoms with E-state index in [2.05, 4.69) is 6.92 Å². The molecule has 1 aliphatic rings. The highest BCUT2D eigenvalue weighted by Gasteiger charge is 2.31. The van der Waals surface area contributed by atoms with Crippen LogP contribution in [0.15, 0.2) is 42.5 Å². The van der Waals surface area contributed by atoms with Gasteiger partial charge in [0.05, 0.1) is 18.1 Å². The van der Waals surface area contributed by atoms with Crippen LogP contribution in [-0.4, -0.2) is 18.5 Å². The van der Waals surface area contributed by atoms with Gasteiger partial charge < -0.3 is 9.47 Å². The molecule has 0 saturated carbocycles. The second-order valence-corrected chi connectivity index (χ2v) is 6.86.